The van der Waals surface area contributed by atoms with Gasteiger partial charge < -0.3 is 23.6 Å². The number of nitrogens with zero attached hydrogens (tertiary/aromatic N) is 2. The topological polar surface area (TPSA) is 152 Å². The van der Waals surface area contributed by atoms with Crippen LogP contribution in [-0.2, 0) is 43.5 Å². The summed E-state index contributed by atoms with van der Waals surface area (Å²) in [5.41, 5.74) is 3.33. The second-order valence-corrected chi connectivity index (χ2v) is 12.4. The maximum absolute atomic E-state index is 13.3. The number of carbonyl (C=O) groups excluding carboxylic acids is 3. The molecule has 1 aromatic heterocycles. The number of carbonyl (C=O) groups is 3. The van der Waals surface area contributed by atoms with Crippen LogP contribution in [0, 0.1) is 0 Å². The molecule has 0 radical (unpaired) electrons. The van der Waals surface area contributed by atoms with Gasteiger partial charge in [-0.3, -0.25) is 9.52 Å². The molecule has 0 spiro atoms. The first-order valence-corrected chi connectivity index (χ1v) is 16.1. The van der Waals surface area contributed by atoms with Gasteiger partial charge in [-0.1, -0.05) is 47.6 Å². The molecule has 0 saturated heterocycles. The highest BCUT2D eigenvalue weighted by molar-refractivity contribution is 7.92. The smallest absolute Gasteiger partial charge is 0.368 e. The zero-order valence-electron chi connectivity index (χ0n) is 26.1. The standard InChI is InChI=1S/C34H33N3O9S/c1-21(33(39)44-4)37-20-25(28-10-5-6-11-30(28)37)19-29-32(35-46-34(29)40)23-12-14-27(15-13-23)47(41,42)36-26-9-7-8-24(18-26)31(43-3)16-17-45-22(2)38/h5-15,18-21,31,36H,16-17H2,1-4H3/b29-19-. The first-order valence-electron chi connectivity index (χ1n) is 14.6. The molecule has 0 aliphatic carbocycles. The Kier molecular flexibility index (Phi) is 9.87. The van der Waals surface area contributed by atoms with E-state index >= 15 is 0 Å². The Labute approximate surface area is 271 Å². The molecule has 1 aliphatic heterocycles. The van der Waals surface area contributed by atoms with E-state index in [0.717, 1.165) is 10.9 Å². The summed E-state index contributed by atoms with van der Waals surface area (Å²) in [6.45, 7) is 3.20. The summed E-state index contributed by atoms with van der Waals surface area (Å²) in [4.78, 5) is 41.2. The lowest BCUT2D eigenvalue weighted by atomic mass is 10.0. The van der Waals surface area contributed by atoms with Gasteiger partial charge in [0.05, 0.1) is 30.3 Å². The highest BCUT2D eigenvalue weighted by Gasteiger charge is 2.28. The van der Waals surface area contributed by atoms with Crippen molar-refractivity contribution < 1.29 is 41.8 Å². The third kappa shape index (κ3) is 7.26. The summed E-state index contributed by atoms with van der Waals surface area (Å²) >= 11 is 0. The molecule has 2 atom stereocenters. The number of ether oxygens (including phenoxy) is 3. The predicted molar refractivity (Wildman–Crippen MR) is 174 cm³/mol. The number of aromatic nitrogens is 1. The molecule has 3 aromatic carbocycles. The van der Waals surface area contributed by atoms with Crippen molar-refractivity contribution in [2.75, 3.05) is 25.5 Å². The van der Waals surface area contributed by atoms with E-state index in [1.807, 2.05) is 24.3 Å². The van der Waals surface area contributed by atoms with E-state index in [1.165, 1.54) is 45.4 Å². The Morgan fingerprint density at radius 3 is 2.49 bits per heavy atom. The lowest BCUT2D eigenvalue weighted by Crippen LogP contribution is -2.16. The Morgan fingerprint density at radius 2 is 1.79 bits per heavy atom. The number of fused-ring (bicyclic) bond motifs is 1. The molecule has 47 heavy (non-hydrogen) atoms. The molecule has 0 amide bonds. The number of nitrogens with one attached hydrogen (secondary N) is 1. The van der Waals surface area contributed by atoms with Crippen LogP contribution in [0.5, 0.6) is 0 Å². The maximum Gasteiger partial charge on any atom is 0.368 e. The first-order chi connectivity index (χ1) is 22.5. The number of benzene rings is 3. The second kappa shape index (κ2) is 14.0. The normalized spacial score (nSPS) is 15.2. The third-order valence-electron chi connectivity index (χ3n) is 7.64. The minimum absolute atomic E-state index is 0.0129. The number of methoxy groups -OCH3 is 2. The van der Waals surface area contributed by atoms with Gasteiger partial charge in [-0.2, -0.15) is 0 Å². The molecule has 0 bridgehead atoms. The van der Waals surface area contributed by atoms with E-state index in [2.05, 4.69) is 9.88 Å². The van der Waals surface area contributed by atoms with Gasteiger partial charge in [0.2, 0.25) is 0 Å². The molecule has 12 nitrogen and oxygen atoms in total. The van der Waals surface area contributed by atoms with Crippen molar-refractivity contribution in [1.82, 2.24) is 4.57 Å². The van der Waals surface area contributed by atoms with Gasteiger partial charge in [0.1, 0.15) is 11.8 Å². The molecule has 4 aromatic rings. The van der Waals surface area contributed by atoms with Crippen LogP contribution in [0.2, 0.25) is 0 Å². The number of sulfonamides is 1. The summed E-state index contributed by atoms with van der Waals surface area (Å²) < 4.78 is 46.4. The summed E-state index contributed by atoms with van der Waals surface area (Å²) in [6, 6.07) is 19.5. The van der Waals surface area contributed by atoms with Gasteiger partial charge in [0.25, 0.3) is 10.0 Å². The number of anilines is 1. The Morgan fingerprint density at radius 1 is 1.04 bits per heavy atom. The number of oxime groups is 1. The van der Waals surface area contributed by atoms with E-state index in [-0.39, 0.29) is 22.8 Å². The Bertz CT molecular complexity index is 2000. The SMILES string of the molecule is COC(=O)C(C)n1cc(/C=C2\C(=O)ON=C2c2ccc(S(=O)(=O)Nc3cccc(C(CCOC(C)=O)OC)c3)cc2)c2ccccc21. The van der Waals surface area contributed by atoms with Crippen molar-refractivity contribution >= 4 is 56.3 Å². The molecule has 244 valence electrons. The van der Waals surface area contributed by atoms with Crippen LogP contribution < -0.4 is 4.72 Å². The van der Waals surface area contributed by atoms with Crippen molar-refractivity contribution in [1.29, 1.82) is 0 Å². The lowest BCUT2D eigenvalue weighted by molar-refractivity contribution is -0.144. The molecule has 1 N–H and O–H groups in total. The first kappa shape index (κ1) is 33.1. The van der Waals surface area contributed by atoms with E-state index in [9.17, 15) is 22.8 Å². The van der Waals surface area contributed by atoms with E-state index in [4.69, 9.17) is 19.0 Å². The van der Waals surface area contributed by atoms with E-state index in [0.29, 0.717) is 28.8 Å². The van der Waals surface area contributed by atoms with Crippen LogP contribution in [0.4, 0.5) is 5.69 Å². The Balaban J connectivity index is 1.37. The number of hydrogen-bond donors (Lipinski definition) is 1. The van der Waals surface area contributed by atoms with Gasteiger partial charge in [0, 0.05) is 54.4 Å². The maximum atomic E-state index is 13.3. The summed E-state index contributed by atoms with van der Waals surface area (Å²) in [5.74, 6) is -1.48. The van der Waals surface area contributed by atoms with Gasteiger partial charge in [-0.25, -0.2) is 18.0 Å². The van der Waals surface area contributed by atoms with Crippen molar-refractivity contribution in [2.45, 2.75) is 37.3 Å². The minimum atomic E-state index is -4.00. The molecule has 5 rings (SSSR count). The molecule has 2 unspecified atom stereocenters. The molecule has 2 heterocycles. The minimum Gasteiger partial charge on any atom is -0.467 e. The fourth-order valence-corrected chi connectivity index (χ4v) is 6.31. The van der Waals surface area contributed by atoms with Gasteiger partial charge in [-0.15, -0.1) is 0 Å². The van der Waals surface area contributed by atoms with Gasteiger partial charge >= 0.3 is 17.9 Å². The van der Waals surface area contributed by atoms with Crippen LogP contribution in [0.1, 0.15) is 49.1 Å². The second-order valence-electron chi connectivity index (χ2n) is 10.7. The highest BCUT2D eigenvalue weighted by atomic mass is 32.2. The fraction of sp³-hybridized carbons (Fsp3) is 0.235. The quantitative estimate of drug-likeness (QED) is 0.124. The number of rotatable bonds is 12. The summed E-state index contributed by atoms with van der Waals surface area (Å²) in [6.07, 6.45) is 3.38. The van der Waals surface area contributed by atoms with Crippen molar-refractivity contribution in [3.63, 3.8) is 0 Å². The largest absolute Gasteiger partial charge is 0.467 e. The molecular formula is C34H33N3O9S. The van der Waals surface area contributed by atoms with Crippen molar-refractivity contribution in [3.05, 3.63) is 101 Å². The average Bonchev–Trinajstić information content (AvgIpc) is 3.62. The van der Waals surface area contributed by atoms with Crippen LogP contribution >= 0.6 is 0 Å². The van der Waals surface area contributed by atoms with Crippen molar-refractivity contribution in [2.24, 2.45) is 5.16 Å². The van der Waals surface area contributed by atoms with Gasteiger partial charge in [-0.05, 0) is 48.9 Å². The molecule has 13 heteroatoms. The van der Waals surface area contributed by atoms with Crippen LogP contribution in [0.25, 0.3) is 17.0 Å². The molecule has 0 fully saturated rings. The summed E-state index contributed by atoms with van der Waals surface area (Å²) in [7, 11) is -1.15. The van der Waals surface area contributed by atoms with Gasteiger partial charge in [0.15, 0.2) is 0 Å². The predicted octanol–water partition coefficient (Wildman–Crippen LogP) is 5.16. The average molecular weight is 660 g/mol. The molecule has 1 aliphatic rings. The molecule has 0 saturated carbocycles. The Hall–Kier alpha value is -5.27. The van der Waals surface area contributed by atoms with Crippen molar-refractivity contribution in [3.8, 4) is 0 Å². The number of hydrogen-bond acceptors (Lipinski definition) is 10. The molecular weight excluding hydrogens is 626 g/mol. The zero-order chi connectivity index (χ0) is 33.7. The number of para-hydroxylation sites is 1. The number of esters is 2. The van der Waals surface area contributed by atoms with E-state index < -0.39 is 40.1 Å². The van der Waals surface area contributed by atoms with Crippen LogP contribution in [0.3, 0.4) is 0 Å². The fourth-order valence-electron chi connectivity index (χ4n) is 5.26. The monoisotopic (exact) mass is 659 g/mol. The van der Waals surface area contributed by atoms with E-state index in [1.54, 1.807) is 48.0 Å². The van der Waals surface area contributed by atoms with Crippen LogP contribution in [-0.4, -0.2) is 57.4 Å². The zero-order valence-corrected chi connectivity index (χ0v) is 26.9. The third-order valence-corrected chi connectivity index (χ3v) is 9.04. The highest BCUT2D eigenvalue weighted by Crippen LogP contribution is 2.30. The lowest BCUT2D eigenvalue weighted by Gasteiger charge is -2.17. The van der Waals surface area contributed by atoms with Crippen LogP contribution in [0.15, 0.2) is 94.6 Å². The summed E-state index contributed by atoms with van der Waals surface area (Å²) in [5, 5.41) is 4.76.